The first kappa shape index (κ1) is 22.1. The molecule has 0 aliphatic carbocycles. The van der Waals surface area contributed by atoms with Gasteiger partial charge in [-0.05, 0) is 43.2 Å². The maximum Gasteiger partial charge on any atom is 0.339 e. The number of carbonyl (C=O) groups is 2. The molecular weight excluding hydrogens is 432 g/mol. The molecule has 8 nitrogen and oxygen atoms in total. The van der Waals surface area contributed by atoms with Crippen LogP contribution in [0.25, 0.3) is 0 Å². The van der Waals surface area contributed by atoms with Gasteiger partial charge in [0.2, 0.25) is 0 Å². The molecule has 2 aromatic rings. The third kappa shape index (κ3) is 5.10. The minimum absolute atomic E-state index is 0.0383. The van der Waals surface area contributed by atoms with E-state index in [1.807, 2.05) is 0 Å². The Morgan fingerprint density at radius 1 is 1.20 bits per heavy atom. The Labute approximate surface area is 179 Å². The van der Waals surface area contributed by atoms with E-state index < -0.39 is 21.9 Å². The number of benzene rings is 2. The third-order valence-corrected chi connectivity index (χ3v) is 6.28. The van der Waals surface area contributed by atoms with Crippen LogP contribution in [0.1, 0.15) is 33.6 Å². The molecule has 1 amide bonds. The summed E-state index contributed by atoms with van der Waals surface area (Å²) >= 11 is 5.96. The summed E-state index contributed by atoms with van der Waals surface area (Å²) in [5.74, 6) is -1.18. The van der Waals surface area contributed by atoms with Crippen LogP contribution in [0, 0.1) is 0 Å². The number of esters is 1. The number of ether oxygens (including phenoxy) is 2. The van der Waals surface area contributed by atoms with Crippen molar-refractivity contribution in [3.63, 3.8) is 0 Å². The minimum atomic E-state index is -4.10. The zero-order chi connectivity index (χ0) is 21.7. The van der Waals surface area contributed by atoms with Crippen molar-refractivity contribution in [3.05, 3.63) is 58.6 Å². The number of sulfonamides is 1. The molecule has 10 heteroatoms. The van der Waals surface area contributed by atoms with E-state index in [4.69, 9.17) is 16.3 Å². The van der Waals surface area contributed by atoms with Crippen LogP contribution in [0.15, 0.2) is 47.4 Å². The second-order valence-electron chi connectivity index (χ2n) is 6.63. The lowest BCUT2D eigenvalue weighted by molar-refractivity contribution is 0.0600. The molecule has 0 bridgehead atoms. The smallest absolute Gasteiger partial charge is 0.339 e. The average Bonchev–Trinajstić information content (AvgIpc) is 3.25. The predicted molar refractivity (Wildman–Crippen MR) is 111 cm³/mol. The molecule has 0 radical (unpaired) electrons. The zero-order valence-corrected chi connectivity index (χ0v) is 17.8. The molecule has 0 aromatic heterocycles. The van der Waals surface area contributed by atoms with E-state index in [0.29, 0.717) is 13.2 Å². The number of hydrogen-bond acceptors (Lipinski definition) is 6. The number of para-hydroxylation sites is 1. The fourth-order valence-electron chi connectivity index (χ4n) is 3.02. The molecule has 0 spiro atoms. The van der Waals surface area contributed by atoms with Gasteiger partial charge < -0.3 is 14.8 Å². The van der Waals surface area contributed by atoms with Crippen molar-refractivity contribution in [1.82, 2.24) is 5.32 Å². The Hall–Kier alpha value is -2.62. The fraction of sp³-hybridized carbons (Fsp3) is 0.300. The van der Waals surface area contributed by atoms with Crippen LogP contribution in [-0.2, 0) is 19.5 Å². The molecule has 2 N–H and O–H groups in total. The van der Waals surface area contributed by atoms with Gasteiger partial charge in [0.25, 0.3) is 15.9 Å². The molecule has 1 aliphatic heterocycles. The summed E-state index contributed by atoms with van der Waals surface area (Å²) in [5, 5.41) is 2.83. The van der Waals surface area contributed by atoms with Crippen molar-refractivity contribution < 1.29 is 27.5 Å². The molecule has 1 aliphatic rings. The lowest BCUT2D eigenvalue weighted by Gasteiger charge is -2.15. The van der Waals surface area contributed by atoms with E-state index in [9.17, 15) is 18.0 Å². The van der Waals surface area contributed by atoms with E-state index in [1.165, 1.54) is 31.4 Å². The SMILES string of the molecule is COC(=O)c1cc(S(=O)(=O)Nc2ccccc2C(=O)NCC2CCCO2)ccc1Cl. The van der Waals surface area contributed by atoms with Crippen molar-refractivity contribution >= 4 is 39.2 Å². The molecule has 0 saturated carbocycles. The van der Waals surface area contributed by atoms with Gasteiger partial charge in [0, 0.05) is 13.2 Å². The first-order valence-corrected chi connectivity index (χ1v) is 11.1. The number of carbonyl (C=O) groups excluding carboxylic acids is 2. The van der Waals surface area contributed by atoms with Gasteiger partial charge in [-0.3, -0.25) is 9.52 Å². The molecule has 1 fully saturated rings. The number of hydrogen-bond donors (Lipinski definition) is 2. The second-order valence-corrected chi connectivity index (χ2v) is 8.72. The molecule has 1 saturated heterocycles. The van der Waals surface area contributed by atoms with E-state index in [-0.39, 0.29) is 32.8 Å². The van der Waals surface area contributed by atoms with Gasteiger partial charge in [-0.25, -0.2) is 13.2 Å². The number of rotatable bonds is 7. The van der Waals surface area contributed by atoms with Crippen LogP contribution in [0.4, 0.5) is 5.69 Å². The molecular formula is C20H21ClN2O6S. The summed E-state index contributed by atoms with van der Waals surface area (Å²) in [7, 11) is -2.93. The molecule has 3 rings (SSSR count). The van der Waals surface area contributed by atoms with Crippen molar-refractivity contribution in [2.75, 3.05) is 25.0 Å². The number of methoxy groups -OCH3 is 1. The van der Waals surface area contributed by atoms with Crippen molar-refractivity contribution in [2.24, 2.45) is 0 Å². The maximum absolute atomic E-state index is 12.9. The van der Waals surface area contributed by atoms with Crippen molar-refractivity contribution in [2.45, 2.75) is 23.8 Å². The average molecular weight is 453 g/mol. The van der Waals surface area contributed by atoms with E-state index in [2.05, 4.69) is 14.8 Å². The number of anilines is 1. The summed E-state index contributed by atoms with van der Waals surface area (Å²) in [6.07, 6.45) is 1.78. The van der Waals surface area contributed by atoms with Gasteiger partial charge >= 0.3 is 5.97 Å². The lowest BCUT2D eigenvalue weighted by Crippen LogP contribution is -2.32. The summed E-state index contributed by atoms with van der Waals surface area (Å²) in [6, 6.07) is 9.92. The van der Waals surface area contributed by atoms with Crippen LogP contribution in [0.3, 0.4) is 0 Å². The zero-order valence-electron chi connectivity index (χ0n) is 16.2. The van der Waals surface area contributed by atoms with Crippen LogP contribution < -0.4 is 10.0 Å². The quantitative estimate of drug-likeness (QED) is 0.625. The summed E-state index contributed by atoms with van der Waals surface area (Å²) < 4.78 is 38.2. The van der Waals surface area contributed by atoms with Crippen LogP contribution in [0.2, 0.25) is 5.02 Å². The normalized spacial score (nSPS) is 16.1. The highest BCUT2D eigenvalue weighted by Gasteiger charge is 2.22. The Balaban J connectivity index is 1.82. The van der Waals surface area contributed by atoms with Gasteiger partial charge in [0.1, 0.15) is 0 Å². The molecule has 1 unspecified atom stereocenters. The first-order chi connectivity index (χ1) is 14.3. The van der Waals surface area contributed by atoms with E-state index in [1.54, 1.807) is 12.1 Å². The first-order valence-electron chi connectivity index (χ1n) is 9.21. The Kier molecular flexibility index (Phi) is 6.96. The van der Waals surface area contributed by atoms with Crippen LogP contribution in [-0.4, -0.2) is 46.7 Å². The van der Waals surface area contributed by atoms with Crippen LogP contribution in [0.5, 0.6) is 0 Å². The van der Waals surface area contributed by atoms with Gasteiger partial charge in [0.15, 0.2) is 0 Å². The number of nitrogens with one attached hydrogen (secondary N) is 2. The van der Waals surface area contributed by atoms with Crippen LogP contribution >= 0.6 is 11.6 Å². The monoisotopic (exact) mass is 452 g/mol. The molecule has 1 heterocycles. The largest absolute Gasteiger partial charge is 0.465 e. The number of halogens is 1. The lowest BCUT2D eigenvalue weighted by atomic mass is 10.1. The fourth-order valence-corrected chi connectivity index (χ4v) is 4.32. The highest BCUT2D eigenvalue weighted by Crippen LogP contribution is 2.24. The topological polar surface area (TPSA) is 111 Å². The van der Waals surface area contributed by atoms with Gasteiger partial charge in [-0.15, -0.1) is 0 Å². The van der Waals surface area contributed by atoms with E-state index in [0.717, 1.165) is 18.9 Å². The van der Waals surface area contributed by atoms with Gasteiger partial charge in [-0.1, -0.05) is 23.7 Å². The minimum Gasteiger partial charge on any atom is -0.465 e. The highest BCUT2D eigenvalue weighted by atomic mass is 35.5. The van der Waals surface area contributed by atoms with Crippen molar-refractivity contribution in [3.8, 4) is 0 Å². The molecule has 160 valence electrons. The van der Waals surface area contributed by atoms with E-state index >= 15 is 0 Å². The summed E-state index contributed by atoms with van der Waals surface area (Å²) in [5.41, 5.74) is 0.197. The Morgan fingerprint density at radius 2 is 1.97 bits per heavy atom. The molecule has 1 atom stereocenters. The molecule has 2 aromatic carbocycles. The van der Waals surface area contributed by atoms with Gasteiger partial charge in [0.05, 0.1) is 39.9 Å². The highest BCUT2D eigenvalue weighted by molar-refractivity contribution is 7.92. The third-order valence-electron chi connectivity index (χ3n) is 4.58. The second kappa shape index (κ2) is 9.46. The Bertz CT molecular complexity index is 1050. The summed E-state index contributed by atoms with van der Waals surface area (Å²) in [6.45, 7) is 1.02. The Morgan fingerprint density at radius 3 is 2.67 bits per heavy atom. The number of amides is 1. The predicted octanol–water partition coefficient (Wildman–Crippen LogP) is 2.84. The molecule has 30 heavy (non-hydrogen) atoms. The standard InChI is InChI=1S/C20H21ClN2O6S/c1-28-20(25)16-11-14(8-9-17(16)21)30(26,27)23-18-7-3-2-6-15(18)19(24)22-12-13-5-4-10-29-13/h2-3,6-9,11,13,23H,4-5,10,12H2,1H3,(H,22,24). The van der Waals surface area contributed by atoms with Gasteiger partial charge in [-0.2, -0.15) is 0 Å². The summed E-state index contributed by atoms with van der Waals surface area (Å²) in [4.78, 5) is 24.2. The van der Waals surface area contributed by atoms with Crippen molar-refractivity contribution in [1.29, 1.82) is 0 Å². The maximum atomic E-state index is 12.9.